The summed E-state index contributed by atoms with van der Waals surface area (Å²) in [5, 5.41) is 11.0. The number of halogens is 1. The number of hydrogen-bond acceptors (Lipinski definition) is 5. The quantitative estimate of drug-likeness (QED) is 0.643. The first-order valence-corrected chi connectivity index (χ1v) is 8.56. The van der Waals surface area contributed by atoms with Crippen LogP contribution in [0.4, 0.5) is 5.69 Å². The van der Waals surface area contributed by atoms with E-state index in [0.717, 1.165) is 21.4 Å². The Bertz CT molecular complexity index is 817. The van der Waals surface area contributed by atoms with Gasteiger partial charge in [-0.05, 0) is 52.7 Å². The van der Waals surface area contributed by atoms with Crippen LogP contribution in [0.1, 0.15) is 5.56 Å². The molecule has 23 heavy (non-hydrogen) atoms. The number of H-pyrrole nitrogens is 1. The molecule has 0 unspecified atom stereocenters. The van der Waals surface area contributed by atoms with Gasteiger partial charge in [0.1, 0.15) is 5.69 Å². The van der Waals surface area contributed by atoms with Gasteiger partial charge in [0.05, 0.1) is 11.4 Å². The predicted molar refractivity (Wildman–Crippen MR) is 92.3 cm³/mol. The minimum absolute atomic E-state index is 0.140. The number of amides is 1. The molecular formula is C15H13BrN4O2S. The summed E-state index contributed by atoms with van der Waals surface area (Å²) in [6.07, 6.45) is 1.78. The third kappa shape index (κ3) is 4.02. The fourth-order valence-electron chi connectivity index (χ4n) is 1.88. The van der Waals surface area contributed by atoms with Crippen molar-refractivity contribution in [3.63, 3.8) is 0 Å². The number of nitrogens with one attached hydrogen (secondary N) is 2. The molecular weight excluding hydrogens is 380 g/mol. The molecule has 6 nitrogen and oxygen atoms in total. The van der Waals surface area contributed by atoms with Crippen molar-refractivity contribution in [1.82, 2.24) is 15.2 Å². The second-order valence-electron chi connectivity index (χ2n) is 4.78. The summed E-state index contributed by atoms with van der Waals surface area (Å²) in [7, 11) is 0. The van der Waals surface area contributed by atoms with Crippen molar-refractivity contribution in [2.45, 2.75) is 12.1 Å². The minimum Gasteiger partial charge on any atom is -0.410 e. The second-order valence-corrected chi connectivity index (χ2v) is 6.56. The Balaban J connectivity index is 1.57. The van der Waals surface area contributed by atoms with Gasteiger partial charge in [-0.15, -0.1) is 10.2 Å². The van der Waals surface area contributed by atoms with E-state index in [1.807, 2.05) is 37.3 Å². The molecule has 0 fully saturated rings. The molecule has 8 heteroatoms. The fraction of sp³-hybridized carbons (Fsp3) is 0.133. The van der Waals surface area contributed by atoms with Gasteiger partial charge in [-0.1, -0.05) is 17.8 Å². The molecule has 0 aliphatic heterocycles. The van der Waals surface area contributed by atoms with E-state index in [1.165, 1.54) is 11.8 Å². The third-order valence-electron chi connectivity index (χ3n) is 2.96. The summed E-state index contributed by atoms with van der Waals surface area (Å²) in [4.78, 5) is 15.0. The number of aryl methyl sites for hydroxylation is 1. The van der Waals surface area contributed by atoms with Gasteiger partial charge >= 0.3 is 0 Å². The van der Waals surface area contributed by atoms with Crippen molar-refractivity contribution in [3.05, 3.63) is 46.6 Å². The number of aromatic amines is 1. The van der Waals surface area contributed by atoms with Gasteiger partial charge in [-0.3, -0.25) is 4.79 Å². The normalized spacial score (nSPS) is 10.7. The Morgan fingerprint density at radius 3 is 3.00 bits per heavy atom. The molecule has 2 heterocycles. The van der Waals surface area contributed by atoms with Crippen molar-refractivity contribution in [2.75, 3.05) is 11.1 Å². The molecule has 0 saturated heterocycles. The van der Waals surface area contributed by atoms with E-state index in [0.29, 0.717) is 11.1 Å². The molecule has 1 aromatic carbocycles. The Labute approximate surface area is 145 Å². The third-order valence-corrected chi connectivity index (χ3v) is 4.43. The van der Waals surface area contributed by atoms with Crippen molar-refractivity contribution in [1.29, 1.82) is 0 Å². The molecule has 118 valence electrons. The average Bonchev–Trinajstić information content (AvgIpc) is 3.18. The van der Waals surface area contributed by atoms with E-state index in [2.05, 4.69) is 36.4 Å². The van der Waals surface area contributed by atoms with E-state index in [1.54, 1.807) is 6.20 Å². The van der Waals surface area contributed by atoms with Crippen molar-refractivity contribution >= 4 is 39.3 Å². The SMILES string of the molecule is Cc1ccc(NC(=O)CSc2nnc(-c3ccc[nH]3)o2)c(Br)c1. The van der Waals surface area contributed by atoms with Crippen LogP contribution in [-0.4, -0.2) is 26.8 Å². The number of hydrogen-bond donors (Lipinski definition) is 2. The van der Waals surface area contributed by atoms with Crippen LogP contribution in [0.3, 0.4) is 0 Å². The van der Waals surface area contributed by atoms with Crippen LogP contribution < -0.4 is 5.32 Å². The molecule has 3 aromatic rings. The molecule has 0 saturated carbocycles. The number of carbonyl (C=O) groups is 1. The smallest absolute Gasteiger partial charge is 0.277 e. The maximum Gasteiger partial charge on any atom is 0.277 e. The monoisotopic (exact) mass is 392 g/mol. The number of nitrogens with zero attached hydrogens (tertiary/aromatic N) is 2. The summed E-state index contributed by atoms with van der Waals surface area (Å²) in [6, 6.07) is 9.43. The van der Waals surface area contributed by atoms with Gasteiger partial charge in [0.15, 0.2) is 0 Å². The Kier molecular flexibility index (Phi) is 4.82. The minimum atomic E-state index is -0.140. The zero-order chi connectivity index (χ0) is 16.2. The molecule has 0 atom stereocenters. The van der Waals surface area contributed by atoms with Crippen molar-refractivity contribution < 1.29 is 9.21 Å². The maximum atomic E-state index is 12.0. The van der Waals surface area contributed by atoms with E-state index in [9.17, 15) is 4.79 Å². The molecule has 1 amide bonds. The van der Waals surface area contributed by atoms with Crippen LogP contribution in [0, 0.1) is 6.92 Å². The molecule has 0 aliphatic carbocycles. The van der Waals surface area contributed by atoms with Crippen LogP contribution in [0.15, 0.2) is 50.6 Å². The number of aromatic nitrogens is 3. The number of thioether (sulfide) groups is 1. The largest absolute Gasteiger partial charge is 0.410 e. The van der Waals surface area contributed by atoms with Crippen molar-refractivity contribution in [2.24, 2.45) is 0 Å². The summed E-state index contributed by atoms with van der Waals surface area (Å²) in [5.41, 5.74) is 2.60. The first-order chi connectivity index (χ1) is 11.1. The van der Waals surface area contributed by atoms with Crippen LogP contribution in [0.25, 0.3) is 11.6 Å². The Morgan fingerprint density at radius 2 is 2.26 bits per heavy atom. The highest BCUT2D eigenvalue weighted by atomic mass is 79.9. The molecule has 0 aliphatic rings. The zero-order valence-corrected chi connectivity index (χ0v) is 14.6. The lowest BCUT2D eigenvalue weighted by molar-refractivity contribution is -0.113. The summed E-state index contributed by atoms with van der Waals surface area (Å²) in [6.45, 7) is 1.99. The van der Waals surface area contributed by atoms with Crippen LogP contribution in [0.5, 0.6) is 0 Å². The van der Waals surface area contributed by atoms with E-state index in [-0.39, 0.29) is 11.7 Å². The van der Waals surface area contributed by atoms with Gasteiger partial charge in [-0.2, -0.15) is 0 Å². The molecule has 2 N–H and O–H groups in total. The Morgan fingerprint density at radius 1 is 1.39 bits per heavy atom. The number of carbonyl (C=O) groups excluding carboxylic acids is 1. The number of benzene rings is 1. The lowest BCUT2D eigenvalue weighted by Crippen LogP contribution is -2.14. The highest BCUT2D eigenvalue weighted by Crippen LogP contribution is 2.25. The average molecular weight is 393 g/mol. The van der Waals surface area contributed by atoms with E-state index in [4.69, 9.17) is 4.42 Å². The summed E-state index contributed by atoms with van der Waals surface area (Å²) >= 11 is 4.62. The van der Waals surface area contributed by atoms with Crippen LogP contribution in [-0.2, 0) is 4.79 Å². The van der Waals surface area contributed by atoms with Crippen LogP contribution in [0.2, 0.25) is 0 Å². The maximum absolute atomic E-state index is 12.0. The lowest BCUT2D eigenvalue weighted by Gasteiger charge is -2.07. The standard InChI is InChI=1S/C15H13BrN4O2S/c1-9-4-5-11(10(16)7-9)18-13(21)8-23-15-20-19-14(22-15)12-3-2-6-17-12/h2-7,17H,8H2,1H3,(H,18,21). The van der Waals surface area contributed by atoms with Gasteiger partial charge in [-0.25, -0.2) is 0 Å². The van der Waals surface area contributed by atoms with Gasteiger partial charge < -0.3 is 14.7 Å². The number of rotatable bonds is 5. The summed E-state index contributed by atoms with van der Waals surface area (Å²) < 4.78 is 6.34. The Hall–Kier alpha value is -2.06. The lowest BCUT2D eigenvalue weighted by atomic mass is 10.2. The van der Waals surface area contributed by atoms with E-state index < -0.39 is 0 Å². The van der Waals surface area contributed by atoms with Crippen molar-refractivity contribution in [3.8, 4) is 11.6 Å². The predicted octanol–water partition coefficient (Wildman–Crippen LogP) is 3.87. The second kappa shape index (κ2) is 7.01. The molecule has 3 rings (SSSR count). The van der Waals surface area contributed by atoms with Gasteiger partial charge in [0.2, 0.25) is 5.91 Å². The molecule has 2 aromatic heterocycles. The molecule has 0 radical (unpaired) electrons. The first kappa shape index (κ1) is 15.8. The fourth-order valence-corrected chi connectivity index (χ4v) is 3.03. The highest BCUT2D eigenvalue weighted by Gasteiger charge is 2.12. The van der Waals surface area contributed by atoms with Gasteiger partial charge in [0, 0.05) is 10.7 Å². The molecule has 0 spiro atoms. The summed E-state index contributed by atoms with van der Waals surface area (Å²) in [5.74, 6) is 0.450. The zero-order valence-electron chi connectivity index (χ0n) is 12.2. The van der Waals surface area contributed by atoms with E-state index >= 15 is 0 Å². The first-order valence-electron chi connectivity index (χ1n) is 6.78. The van der Waals surface area contributed by atoms with Crippen LogP contribution >= 0.6 is 27.7 Å². The van der Waals surface area contributed by atoms with Gasteiger partial charge in [0.25, 0.3) is 11.1 Å². The topological polar surface area (TPSA) is 83.8 Å². The molecule has 0 bridgehead atoms. The highest BCUT2D eigenvalue weighted by molar-refractivity contribution is 9.10. The number of anilines is 1.